The Kier molecular flexibility index (Phi) is 4.34. The fraction of sp³-hybridized carbons (Fsp3) is 0.273. The van der Waals surface area contributed by atoms with Crippen molar-refractivity contribution >= 4 is 34.7 Å². The van der Waals surface area contributed by atoms with Crippen LogP contribution in [0.1, 0.15) is 24.2 Å². The molecule has 2 aromatic rings. The Bertz CT molecular complexity index is 487. The van der Waals surface area contributed by atoms with E-state index in [1.165, 1.54) is 11.5 Å². The normalized spacial score (nSPS) is 12.6. The van der Waals surface area contributed by atoms with Crippen LogP contribution >= 0.6 is 34.7 Å². The predicted molar refractivity (Wildman–Crippen MR) is 71.9 cm³/mol. The van der Waals surface area contributed by atoms with Gasteiger partial charge < -0.3 is 5.32 Å². The van der Waals surface area contributed by atoms with Gasteiger partial charge >= 0.3 is 0 Å². The molecule has 1 aromatic carbocycles. The molecule has 0 aliphatic heterocycles. The maximum absolute atomic E-state index is 6.03. The molecule has 90 valence electrons. The van der Waals surface area contributed by atoms with Crippen LogP contribution in [-0.2, 0) is 0 Å². The summed E-state index contributed by atoms with van der Waals surface area (Å²) in [6.45, 7) is 2.88. The van der Waals surface area contributed by atoms with E-state index in [9.17, 15) is 0 Å². The highest BCUT2D eigenvalue weighted by atomic mass is 35.5. The third-order valence-electron chi connectivity index (χ3n) is 2.36. The number of rotatable bonds is 4. The third-order valence-corrected chi connectivity index (χ3v) is 3.62. The standard InChI is InChI=1S/C11H11Cl2N3S/c1-2-14-11(10-6-17-16-15-10)7-3-4-8(12)9(13)5-7/h3-6,11,14H,2H2,1H3. The Morgan fingerprint density at radius 2 is 2.18 bits per heavy atom. The minimum Gasteiger partial charge on any atom is -0.305 e. The molecule has 1 heterocycles. The Hall–Kier alpha value is -0.680. The first kappa shape index (κ1) is 12.8. The third kappa shape index (κ3) is 2.96. The zero-order chi connectivity index (χ0) is 12.3. The van der Waals surface area contributed by atoms with Crippen molar-refractivity contribution in [1.82, 2.24) is 14.9 Å². The summed E-state index contributed by atoms with van der Waals surface area (Å²) >= 11 is 13.3. The molecule has 3 nitrogen and oxygen atoms in total. The quantitative estimate of drug-likeness (QED) is 0.935. The van der Waals surface area contributed by atoms with Gasteiger partial charge in [0.05, 0.1) is 21.8 Å². The van der Waals surface area contributed by atoms with Gasteiger partial charge in [0.2, 0.25) is 0 Å². The van der Waals surface area contributed by atoms with Crippen LogP contribution in [-0.4, -0.2) is 16.1 Å². The summed E-state index contributed by atoms with van der Waals surface area (Å²) in [5, 5.41) is 10.5. The molecule has 0 spiro atoms. The molecule has 0 saturated heterocycles. The number of nitrogens with zero attached hydrogens (tertiary/aromatic N) is 2. The minimum atomic E-state index is 0.00789. The Morgan fingerprint density at radius 1 is 1.35 bits per heavy atom. The van der Waals surface area contributed by atoms with Crippen molar-refractivity contribution in [3.05, 3.63) is 44.9 Å². The predicted octanol–water partition coefficient (Wildman–Crippen LogP) is 3.54. The first-order valence-electron chi connectivity index (χ1n) is 5.17. The van der Waals surface area contributed by atoms with E-state index >= 15 is 0 Å². The van der Waals surface area contributed by atoms with E-state index < -0.39 is 0 Å². The Balaban J connectivity index is 2.35. The van der Waals surface area contributed by atoms with Gasteiger partial charge in [0.1, 0.15) is 0 Å². The van der Waals surface area contributed by atoms with Crippen LogP contribution in [0.25, 0.3) is 0 Å². The van der Waals surface area contributed by atoms with Crippen molar-refractivity contribution < 1.29 is 0 Å². The van der Waals surface area contributed by atoms with Gasteiger partial charge in [0.15, 0.2) is 0 Å². The summed E-state index contributed by atoms with van der Waals surface area (Å²) in [6.07, 6.45) is 0. The lowest BCUT2D eigenvalue weighted by atomic mass is 10.0. The largest absolute Gasteiger partial charge is 0.305 e. The number of aromatic nitrogens is 2. The lowest BCUT2D eigenvalue weighted by Crippen LogP contribution is -2.22. The molecule has 17 heavy (non-hydrogen) atoms. The van der Waals surface area contributed by atoms with E-state index in [1.807, 2.05) is 24.4 Å². The van der Waals surface area contributed by atoms with E-state index in [2.05, 4.69) is 14.9 Å². The zero-order valence-electron chi connectivity index (χ0n) is 9.15. The van der Waals surface area contributed by atoms with Crippen LogP contribution in [0.3, 0.4) is 0 Å². The minimum absolute atomic E-state index is 0.00789. The monoisotopic (exact) mass is 287 g/mol. The summed E-state index contributed by atoms with van der Waals surface area (Å²) in [6, 6.07) is 5.61. The van der Waals surface area contributed by atoms with Crippen molar-refractivity contribution in [3.8, 4) is 0 Å². The summed E-state index contributed by atoms with van der Waals surface area (Å²) < 4.78 is 3.88. The molecule has 1 aromatic heterocycles. The Labute approximate surface area is 114 Å². The highest BCUT2D eigenvalue weighted by Gasteiger charge is 2.16. The van der Waals surface area contributed by atoms with E-state index in [-0.39, 0.29) is 6.04 Å². The Morgan fingerprint density at radius 3 is 2.76 bits per heavy atom. The lowest BCUT2D eigenvalue weighted by Gasteiger charge is -2.16. The second-order valence-corrected chi connectivity index (χ2v) is 4.92. The van der Waals surface area contributed by atoms with Gasteiger partial charge in [-0.25, -0.2) is 0 Å². The average molecular weight is 288 g/mol. The molecular weight excluding hydrogens is 277 g/mol. The highest BCUT2D eigenvalue weighted by Crippen LogP contribution is 2.28. The summed E-state index contributed by atoms with van der Waals surface area (Å²) in [5.41, 5.74) is 1.93. The molecule has 1 unspecified atom stereocenters. The molecule has 1 atom stereocenters. The number of benzene rings is 1. The smallest absolute Gasteiger partial charge is 0.0970 e. The molecule has 1 N–H and O–H groups in total. The van der Waals surface area contributed by atoms with Crippen LogP contribution in [0.4, 0.5) is 0 Å². The first-order chi connectivity index (χ1) is 8.22. The molecule has 0 aliphatic rings. The molecular formula is C11H11Cl2N3S. The van der Waals surface area contributed by atoms with E-state index in [4.69, 9.17) is 23.2 Å². The SMILES string of the molecule is CCNC(c1ccc(Cl)c(Cl)c1)c1csnn1. The molecule has 0 aliphatic carbocycles. The number of hydrogen-bond acceptors (Lipinski definition) is 4. The highest BCUT2D eigenvalue weighted by molar-refractivity contribution is 7.03. The van der Waals surface area contributed by atoms with Gasteiger partial charge in [-0.3, -0.25) is 0 Å². The van der Waals surface area contributed by atoms with E-state index in [0.29, 0.717) is 10.0 Å². The topological polar surface area (TPSA) is 37.8 Å². The molecule has 2 rings (SSSR count). The van der Waals surface area contributed by atoms with Gasteiger partial charge in [0, 0.05) is 5.38 Å². The van der Waals surface area contributed by atoms with Crippen molar-refractivity contribution in [3.63, 3.8) is 0 Å². The summed E-state index contributed by atoms with van der Waals surface area (Å²) in [4.78, 5) is 0. The van der Waals surface area contributed by atoms with E-state index in [1.54, 1.807) is 6.07 Å². The number of hydrogen-bond donors (Lipinski definition) is 1. The molecule has 0 amide bonds. The van der Waals surface area contributed by atoms with Crippen LogP contribution in [0, 0.1) is 0 Å². The van der Waals surface area contributed by atoms with Crippen molar-refractivity contribution in [2.24, 2.45) is 0 Å². The maximum Gasteiger partial charge on any atom is 0.0970 e. The molecule has 0 bridgehead atoms. The fourth-order valence-corrected chi connectivity index (χ4v) is 2.37. The van der Waals surface area contributed by atoms with Crippen molar-refractivity contribution in [1.29, 1.82) is 0 Å². The van der Waals surface area contributed by atoms with Gasteiger partial charge in [-0.05, 0) is 35.8 Å². The molecule has 6 heteroatoms. The second kappa shape index (κ2) is 5.78. The van der Waals surface area contributed by atoms with Crippen LogP contribution in [0.5, 0.6) is 0 Å². The summed E-state index contributed by atoms with van der Waals surface area (Å²) in [7, 11) is 0. The molecule has 0 radical (unpaired) electrons. The zero-order valence-corrected chi connectivity index (χ0v) is 11.5. The van der Waals surface area contributed by atoms with Crippen molar-refractivity contribution in [2.45, 2.75) is 13.0 Å². The lowest BCUT2D eigenvalue weighted by molar-refractivity contribution is 0.614. The van der Waals surface area contributed by atoms with Crippen LogP contribution in [0.15, 0.2) is 23.6 Å². The van der Waals surface area contributed by atoms with Gasteiger partial charge in [-0.1, -0.05) is 40.7 Å². The van der Waals surface area contributed by atoms with Crippen LogP contribution < -0.4 is 5.32 Å². The number of halogens is 2. The first-order valence-corrected chi connectivity index (χ1v) is 6.77. The fourth-order valence-electron chi connectivity index (χ4n) is 1.59. The summed E-state index contributed by atoms with van der Waals surface area (Å²) in [5.74, 6) is 0. The maximum atomic E-state index is 6.03. The van der Waals surface area contributed by atoms with Gasteiger partial charge in [0.25, 0.3) is 0 Å². The van der Waals surface area contributed by atoms with Crippen molar-refractivity contribution in [2.75, 3.05) is 6.54 Å². The van der Waals surface area contributed by atoms with Gasteiger partial charge in [-0.2, -0.15) is 0 Å². The second-order valence-electron chi connectivity index (χ2n) is 3.49. The molecule has 0 saturated carbocycles. The molecule has 0 fully saturated rings. The van der Waals surface area contributed by atoms with E-state index in [0.717, 1.165) is 17.8 Å². The average Bonchev–Trinajstić information content (AvgIpc) is 2.83. The van der Waals surface area contributed by atoms with Gasteiger partial charge in [-0.15, -0.1) is 5.10 Å². The number of nitrogens with one attached hydrogen (secondary N) is 1. The van der Waals surface area contributed by atoms with Crippen LogP contribution in [0.2, 0.25) is 10.0 Å².